The zero-order valence-electron chi connectivity index (χ0n) is 31.9. The molecule has 0 unspecified atom stereocenters. The number of benzene rings is 11. The third-order valence-corrected chi connectivity index (χ3v) is 11.8. The van der Waals surface area contributed by atoms with Crippen LogP contribution in [0.1, 0.15) is 0 Å². The average molecular weight is 735 g/mol. The predicted molar refractivity (Wildman–Crippen MR) is 249 cm³/mol. The van der Waals surface area contributed by atoms with Gasteiger partial charge in [0.15, 0.2) is 0 Å². The van der Waals surface area contributed by atoms with Gasteiger partial charge in [0.2, 0.25) is 0 Å². The van der Waals surface area contributed by atoms with E-state index in [4.69, 9.17) is 0 Å². The van der Waals surface area contributed by atoms with Crippen LogP contribution in [0.3, 0.4) is 0 Å². The van der Waals surface area contributed by atoms with Crippen molar-refractivity contribution >= 4 is 43.1 Å². The SMILES string of the molecule is c1ccc(-c2cc(-c3ccccc3)cc(-c3ccc(-c4cc5ccccc5c5ccccc45)c(-c4c5ccccc5c(-c5ccccc5)c5ccccc45)c3)c2)cc1. The molecule has 11 aromatic carbocycles. The summed E-state index contributed by atoms with van der Waals surface area (Å²) >= 11 is 0. The van der Waals surface area contributed by atoms with Gasteiger partial charge < -0.3 is 0 Å². The molecule has 0 amide bonds. The van der Waals surface area contributed by atoms with Gasteiger partial charge in [-0.3, -0.25) is 0 Å². The summed E-state index contributed by atoms with van der Waals surface area (Å²) in [6.07, 6.45) is 0. The van der Waals surface area contributed by atoms with Crippen molar-refractivity contribution < 1.29 is 0 Å². The number of fused-ring (bicyclic) bond motifs is 5. The Hall–Kier alpha value is -7.54. The molecule has 0 bridgehead atoms. The van der Waals surface area contributed by atoms with Gasteiger partial charge in [-0.25, -0.2) is 0 Å². The second-order valence-corrected chi connectivity index (χ2v) is 15.2. The number of rotatable bonds is 6. The lowest BCUT2D eigenvalue weighted by Crippen LogP contribution is -1.94. The molecular formula is C58H38. The van der Waals surface area contributed by atoms with E-state index in [1.807, 2.05) is 0 Å². The normalized spacial score (nSPS) is 11.4. The fourth-order valence-corrected chi connectivity index (χ4v) is 9.17. The highest BCUT2D eigenvalue weighted by Crippen LogP contribution is 2.49. The molecular weight excluding hydrogens is 697 g/mol. The monoisotopic (exact) mass is 734 g/mol. The summed E-state index contributed by atoms with van der Waals surface area (Å²) in [7, 11) is 0. The molecule has 0 fully saturated rings. The van der Waals surface area contributed by atoms with Crippen LogP contribution in [0.4, 0.5) is 0 Å². The quantitative estimate of drug-likeness (QED) is 0.118. The van der Waals surface area contributed by atoms with Gasteiger partial charge in [0.1, 0.15) is 0 Å². The first-order valence-corrected chi connectivity index (χ1v) is 20.1. The minimum Gasteiger partial charge on any atom is -0.0622 e. The lowest BCUT2D eigenvalue weighted by Gasteiger charge is -2.22. The fourth-order valence-electron chi connectivity index (χ4n) is 9.17. The van der Waals surface area contributed by atoms with Crippen molar-refractivity contribution in [2.24, 2.45) is 0 Å². The van der Waals surface area contributed by atoms with Gasteiger partial charge in [-0.15, -0.1) is 0 Å². The van der Waals surface area contributed by atoms with E-state index in [0.29, 0.717) is 0 Å². The third-order valence-electron chi connectivity index (χ3n) is 11.8. The van der Waals surface area contributed by atoms with Crippen LogP contribution in [0.25, 0.3) is 110 Å². The third kappa shape index (κ3) is 5.78. The van der Waals surface area contributed by atoms with Gasteiger partial charge >= 0.3 is 0 Å². The summed E-state index contributed by atoms with van der Waals surface area (Å²) in [5.74, 6) is 0. The van der Waals surface area contributed by atoms with Crippen molar-refractivity contribution in [3.63, 3.8) is 0 Å². The Morgan fingerprint density at radius 1 is 0.172 bits per heavy atom. The molecule has 0 radical (unpaired) electrons. The van der Waals surface area contributed by atoms with Crippen LogP contribution in [-0.4, -0.2) is 0 Å². The highest BCUT2D eigenvalue weighted by atomic mass is 14.2. The molecule has 58 heavy (non-hydrogen) atoms. The van der Waals surface area contributed by atoms with Crippen LogP contribution in [0, 0.1) is 0 Å². The van der Waals surface area contributed by atoms with Crippen LogP contribution in [0.15, 0.2) is 231 Å². The molecule has 0 aliphatic heterocycles. The molecule has 0 saturated carbocycles. The van der Waals surface area contributed by atoms with Crippen LogP contribution in [0.2, 0.25) is 0 Å². The van der Waals surface area contributed by atoms with E-state index >= 15 is 0 Å². The molecule has 0 nitrogen and oxygen atoms in total. The first-order chi connectivity index (χ1) is 28.8. The summed E-state index contributed by atoms with van der Waals surface area (Å²) in [6.45, 7) is 0. The van der Waals surface area contributed by atoms with Crippen molar-refractivity contribution in [2.75, 3.05) is 0 Å². The van der Waals surface area contributed by atoms with Crippen molar-refractivity contribution in [1.82, 2.24) is 0 Å². The van der Waals surface area contributed by atoms with Crippen molar-refractivity contribution in [3.05, 3.63) is 231 Å². The Bertz CT molecular complexity index is 3190. The molecule has 0 atom stereocenters. The summed E-state index contributed by atoms with van der Waals surface area (Å²) in [6, 6.07) is 84.7. The second-order valence-electron chi connectivity index (χ2n) is 15.2. The number of hydrogen-bond acceptors (Lipinski definition) is 0. The van der Waals surface area contributed by atoms with Crippen LogP contribution < -0.4 is 0 Å². The van der Waals surface area contributed by atoms with Gasteiger partial charge in [0, 0.05) is 0 Å². The van der Waals surface area contributed by atoms with E-state index in [2.05, 4.69) is 231 Å². The lowest BCUT2D eigenvalue weighted by atomic mass is 9.81. The molecule has 0 heteroatoms. The second kappa shape index (κ2) is 14.2. The number of hydrogen-bond donors (Lipinski definition) is 0. The van der Waals surface area contributed by atoms with Gasteiger partial charge in [0.05, 0.1) is 0 Å². The molecule has 0 spiro atoms. The molecule has 0 saturated heterocycles. The zero-order valence-corrected chi connectivity index (χ0v) is 31.9. The first kappa shape index (κ1) is 33.8. The van der Waals surface area contributed by atoms with Gasteiger partial charge in [-0.2, -0.15) is 0 Å². The van der Waals surface area contributed by atoms with E-state index in [1.54, 1.807) is 0 Å². The maximum Gasteiger partial charge on any atom is -0.00199 e. The summed E-state index contributed by atoms with van der Waals surface area (Å²) in [5, 5.41) is 10.0. The Morgan fingerprint density at radius 2 is 0.586 bits per heavy atom. The molecule has 0 aliphatic rings. The molecule has 11 aromatic rings. The maximum absolute atomic E-state index is 2.47. The highest BCUT2D eigenvalue weighted by Gasteiger charge is 2.21. The van der Waals surface area contributed by atoms with Crippen LogP contribution in [0.5, 0.6) is 0 Å². The summed E-state index contributed by atoms with van der Waals surface area (Å²) < 4.78 is 0. The molecule has 270 valence electrons. The Balaban J connectivity index is 1.26. The van der Waals surface area contributed by atoms with Gasteiger partial charge in [-0.1, -0.05) is 200 Å². The standard InChI is InChI=1S/C58H38/c1-4-18-39(19-5-1)44-34-45(40-20-6-2-7-21-40)36-46(35-44)42-32-33-50(55-38-43-24-10-11-25-47(43)48-26-12-13-27-49(48)55)56(37-42)58-53-30-16-14-28-51(53)57(41-22-8-3-9-23-41)52-29-15-17-31-54(52)58/h1-38H. The Morgan fingerprint density at radius 3 is 1.14 bits per heavy atom. The Kier molecular flexibility index (Phi) is 8.26. The summed E-state index contributed by atoms with van der Waals surface area (Å²) in [5.41, 5.74) is 14.6. The van der Waals surface area contributed by atoms with Gasteiger partial charge in [-0.05, 0) is 140 Å². The Labute approximate surface area is 339 Å². The largest absolute Gasteiger partial charge is 0.0622 e. The zero-order chi connectivity index (χ0) is 38.4. The minimum atomic E-state index is 1.18. The van der Waals surface area contributed by atoms with E-state index in [1.165, 1.54) is 110 Å². The van der Waals surface area contributed by atoms with E-state index in [0.717, 1.165) is 0 Å². The first-order valence-electron chi connectivity index (χ1n) is 20.1. The lowest BCUT2D eigenvalue weighted by molar-refractivity contribution is 1.56. The van der Waals surface area contributed by atoms with Crippen LogP contribution in [-0.2, 0) is 0 Å². The fraction of sp³-hybridized carbons (Fsp3) is 0. The van der Waals surface area contributed by atoms with Crippen molar-refractivity contribution in [1.29, 1.82) is 0 Å². The smallest absolute Gasteiger partial charge is 0.00199 e. The van der Waals surface area contributed by atoms with Crippen LogP contribution >= 0.6 is 0 Å². The van der Waals surface area contributed by atoms with Crippen molar-refractivity contribution in [2.45, 2.75) is 0 Å². The van der Waals surface area contributed by atoms with Crippen molar-refractivity contribution in [3.8, 4) is 66.8 Å². The molecule has 11 rings (SSSR count). The molecule has 0 aromatic heterocycles. The summed E-state index contributed by atoms with van der Waals surface area (Å²) in [4.78, 5) is 0. The molecule has 0 heterocycles. The van der Waals surface area contributed by atoms with E-state index in [-0.39, 0.29) is 0 Å². The van der Waals surface area contributed by atoms with Gasteiger partial charge in [0.25, 0.3) is 0 Å². The highest BCUT2D eigenvalue weighted by molar-refractivity contribution is 6.24. The predicted octanol–water partition coefficient (Wildman–Crippen LogP) is 16.3. The molecule has 0 aliphatic carbocycles. The average Bonchev–Trinajstić information content (AvgIpc) is 3.31. The van der Waals surface area contributed by atoms with E-state index < -0.39 is 0 Å². The minimum absolute atomic E-state index is 1.18. The maximum atomic E-state index is 2.47. The molecule has 0 N–H and O–H groups in total. The topological polar surface area (TPSA) is 0 Å². The van der Waals surface area contributed by atoms with E-state index in [9.17, 15) is 0 Å².